The molecule has 1 aliphatic carbocycles. The highest BCUT2D eigenvalue weighted by atomic mass is 16.4. The normalized spacial score (nSPS) is 23.3. The molecule has 0 bridgehead atoms. The Morgan fingerprint density at radius 3 is 2.81 bits per heavy atom. The molecule has 0 aliphatic heterocycles. The molecule has 0 aromatic carbocycles. The monoisotopic (exact) mass is 294 g/mol. The van der Waals surface area contributed by atoms with E-state index in [1.165, 1.54) is 17.3 Å². The molecule has 7 nitrogen and oxygen atoms in total. The topological polar surface area (TPSA) is 96.2 Å². The fourth-order valence-electron chi connectivity index (χ4n) is 2.80. The van der Waals surface area contributed by atoms with Gasteiger partial charge in [-0.2, -0.15) is 5.10 Å². The number of aromatic nitrogens is 2. The highest BCUT2D eigenvalue weighted by Gasteiger charge is 2.26. The number of hydrogen-bond acceptors (Lipinski definition) is 3. The van der Waals surface area contributed by atoms with Gasteiger partial charge in [0.25, 0.3) is 0 Å². The van der Waals surface area contributed by atoms with Crippen LogP contribution in [0.25, 0.3) is 0 Å². The summed E-state index contributed by atoms with van der Waals surface area (Å²) in [6, 6.07) is -1.40. The number of amides is 2. The summed E-state index contributed by atoms with van der Waals surface area (Å²) in [5.41, 5.74) is 0.456. The van der Waals surface area contributed by atoms with Crippen molar-refractivity contribution in [3.63, 3.8) is 0 Å². The Balaban J connectivity index is 1.94. The molecule has 21 heavy (non-hydrogen) atoms. The number of nitrogens with zero attached hydrogens (tertiary/aromatic N) is 2. The van der Waals surface area contributed by atoms with Gasteiger partial charge in [0.1, 0.15) is 0 Å². The van der Waals surface area contributed by atoms with E-state index in [0.717, 1.165) is 19.3 Å². The summed E-state index contributed by atoms with van der Waals surface area (Å²) >= 11 is 0. The Morgan fingerprint density at radius 2 is 2.24 bits per heavy atom. The second-order valence-corrected chi connectivity index (χ2v) is 5.81. The third kappa shape index (κ3) is 4.21. The Labute approximate surface area is 123 Å². The lowest BCUT2D eigenvalue weighted by atomic mass is 9.87. The molecule has 0 spiro atoms. The van der Waals surface area contributed by atoms with Crippen molar-refractivity contribution in [2.45, 2.75) is 44.7 Å². The molecular weight excluding hydrogens is 272 g/mol. The molecule has 116 valence electrons. The first-order valence-corrected chi connectivity index (χ1v) is 7.24. The van der Waals surface area contributed by atoms with Crippen LogP contribution in [0.5, 0.6) is 0 Å². The van der Waals surface area contributed by atoms with Crippen molar-refractivity contribution in [1.82, 2.24) is 20.4 Å². The number of urea groups is 1. The van der Waals surface area contributed by atoms with E-state index in [0.29, 0.717) is 11.5 Å². The van der Waals surface area contributed by atoms with Crippen molar-refractivity contribution < 1.29 is 14.7 Å². The number of carboxylic acids is 1. The van der Waals surface area contributed by atoms with Gasteiger partial charge < -0.3 is 15.7 Å². The predicted molar refractivity (Wildman–Crippen MR) is 76.7 cm³/mol. The minimum atomic E-state index is -1.10. The molecule has 2 rings (SSSR count). The van der Waals surface area contributed by atoms with Crippen molar-refractivity contribution in [3.05, 3.63) is 18.0 Å². The smallest absolute Gasteiger partial charge is 0.331 e. The van der Waals surface area contributed by atoms with E-state index < -0.39 is 18.0 Å². The molecule has 1 heterocycles. The Kier molecular flexibility index (Phi) is 4.82. The minimum Gasteiger partial charge on any atom is -0.479 e. The minimum absolute atomic E-state index is 0.122. The van der Waals surface area contributed by atoms with Crippen molar-refractivity contribution in [1.29, 1.82) is 0 Å². The highest BCUT2D eigenvalue weighted by molar-refractivity contribution is 5.83. The van der Waals surface area contributed by atoms with Crippen LogP contribution < -0.4 is 10.6 Å². The number of rotatable bonds is 4. The third-order valence-electron chi connectivity index (χ3n) is 3.85. The van der Waals surface area contributed by atoms with E-state index in [1.807, 2.05) is 0 Å². The third-order valence-corrected chi connectivity index (χ3v) is 3.85. The van der Waals surface area contributed by atoms with E-state index in [9.17, 15) is 14.7 Å². The second-order valence-electron chi connectivity index (χ2n) is 5.81. The van der Waals surface area contributed by atoms with Crippen LogP contribution in [0.2, 0.25) is 0 Å². The fourth-order valence-corrected chi connectivity index (χ4v) is 2.80. The first-order valence-electron chi connectivity index (χ1n) is 7.24. The van der Waals surface area contributed by atoms with Crippen LogP contribution in [-0.2, 0) is 11.8 Å². The van der Waals surface area contributed by atoms with Crippen molar-refractivity contribution in [2.75, 3.05) is 0 Å². The molecule has 7 heteroatoms. The summed E-state index contributed by atoms with van der Waals surface area (Å²) in [5, 5.41) is 18.6. The van der Waals surface area contributed by atoms with Crippen LogP contribution in [0.3, 0.4) is 0 Å². The van der Waals surface area contributed by atoms with Crippen molar-refractivity contribution >= 4 is 12.0 Å². The molecule has 2 amide bonds. The molecule has 3 unspecified atom stereocenters. The second kappa shape index (κ2) is 6.60. The molecule has 3 atom stereocenters. The summed E-state index contributed by atoms with van der Waals surface area (Å²) in [4.78, 5) is 23.3. The first kappa shape index (κ1) is 15.3. The van der Waals surface area contributed by atoms with Gasteiger partial charge in [-0.15, -0.1) is 0 Å². The van der Waals surface area contributed by atoms with Gasteiger partial charge in [-0.3, -0.25) is 4.68 Å². The standard InChI is InChI=1S/C14H22N4O3/c1-9-4-3-5-11(6-9)16-14(21)17-12(13(19)20)10-7-15-18(2)8-10/h7-9,11-12H,3-6H2,1-2H3,(H,19,20)(H2,16,17,21). The lowest BCUT2D eigenvalue weighted by Gasteiger charge is -2.28. The highest BCUT2D eigenvalue weighted by Crippen LogP contribution is 2.23. The number of aliphatic carboxylic acids is 1. The van der Waals surface area contributed by atoms with Gasteiger partial charge in [-0.1, -0.05) is 19.8 Å². The van der Waals surface area contributed by atoms with Gasteiger partial charge in [0.2, 0.25) is 0 Å². The molecule has 3 N–H and O–H groups in total. The van der Waals surface area contributed by atoms with E-state index in [2.05, 4.69) is 22.7 Å². The maximum atomic E-state index is 12.0. The van der Waals surface area contributed by atoms with Crippen LogP contribution in [0.4, 0.5) is 4.79 Å². The van der Waals surface area contributed by atoms with Gasteiger partial charge in [-0.05, 0) is 18.8 Å². The van der Waals surface area contributed by atoms with Crippen LogP contribution in [0, 0.1) is 5.92 Å². The molecule has 1 fully saturated rings. The lowest BCUT2D eigenvalue weighted by molar-refractivity contribution is -0.139. The lowest BCUT2D eigenvalue weighted by Crippen LogP contribution is -2.46. The predicted octanol–water partition coefficient (Wildman–Crippen LogP) is 1.42. The SMILES string of the molecule is CC1CCCC(NC(=O)NC(C(=O)O)c2cnn(C)c2)C1. The number of carboxylic acid groups (broad SMARTS) is 1. The van der Waals surface area contributed by atoms with E-state index in [1.54, 1.807) is 13.2 Å². The van der Waals surface area contributed by atoms with Gasteiger partial charge in [0.15, 0.2) is 6.04 Å². The molecule has 1 aromatic heterocycles. The van der Waals surface area contributed by atoms with Crippen LogP contribution in [0.1, 0.15) is 44.2 Å². The van der Waals surface area contributed by atoms with E-state index in [4.69, 9.17) is 0 Å². The van der Waals surface area contributed by atoms with Gasteiger partial charge in [0.05, 0.1) is 6.20 Å². The summed E-state index contributed by atoms with van der Waals surface area (Å²) in [6.07, 6.45) is 7.20. The number of hydrogen-bond donors (Lipinski definition) is 3. The summed E-state index contributed by atoms with van der Waals surface area (Å²) in [6.45, 7) is 2.17. The van der Waals surface area contributed by atoms with Crippen LogP contribution in [-0.4, -0.2) is 32.9 Å². The van der Waals surface area contributed by atoms with E-state index >= 15 is 0 Å². The van der Waals surface area contributed by atoms with Crippen LogP contribution >= 0.6 is 0 Å². The van der Waals surface area contributed by atoms with E-state index in [-0.39, 0.29) is 6.04 Å². The molecular formula is C14H22N4O3. The Hall–Kier alpha value is -2.05. The summed E-state index contributed by atoms with van der Waals surface area (Å²) in [7, 11) is 1.70. The largest absolute Gasteiger partial charge is 0.479 e. The summed E-state index contributed by atoms with van der Waals surface area (Å²) < 4.78 is 1.51. The summed E-state index contributed by atoms with van der Waals surface area (Å²) in [5.74, 6) is -0.507. The average Bonchev–Trinajstić information content (AvgIpc) is 2.82. The maximum absolute atomic E-state index is 12.0. The zero-order chi connectivity index (χ0) is 15.4. The molecule has 0 radical (unpaired) electrons. The fraction of sp³-hybridized carbons (Fsp3) is 0.643. The van der Waals surface area contributed by atoms with Gasteiger partial charge >= 0.3 is 12.0 Å². The van der Waals surface area contributed by atoms with Crippen LogP contribution in [0.15, 0.2) is 12.4 Å². The zero-order valence-corrected chi connectivity index (χ0v) is 12.4. The first-order chi connectivity index (χ1) is 9.95. The molecule has 1 aliphatic rings. The molecule has 1 aromatic rings. The number of carbonyl (C=O) groups is 2. The average molecular weight is 294 g/mol. The van der Waals surface area contributed by atoms with Crippen molar-refractivity contribution in [3.8, 4) is 0 Å². The van der Waals surface area contributed by atoms with Gasteiger partial charge in [-0.25, -0.2) is 9.59 Å². The van der Waals surface area contributed by atoms with Crippen molar-refractivity contribution in [2.24, 2.45) is 13.0 Å². The van der Waals surface area contributed by atoms with Gasteiger partial charge in [0, 0.05) is 24.8 Å². The quantitative estimate of drug-likeness (QED) is 0.782. The zero-order valence-electron chi connectivity index (χ0n) is 12.4. The Morgan fingerprint density at radius 1 is 1.48 bits per heavy atom. The maximum Gasteiger partial charge on any atom is 0.331 e. The number of nitrogens with one attached hydrogen (secondary N) is 2. The number of aryl methyl sites for hydroxylation is 1. The molecule has 0 saturated heterocycles. The molecule has 1 saturated carbocycles. The number of carbonyl (C=O) groups excluding carboxylic acids is 1. The Bertz CT molecular complexity index is 514.